The quantitative estimate of drug-likeness (QED) is 0.379. The van der Waals surface area contributed by atoms with Gasteiger partial charge in [0.15, 0.2) is 5.11 Å². The van der Waals surface area contributed by atoms with Crippen LogP contribution in [0.2, 0.25) is 0 Å². The first kappa shape index (κ1) is 18.0. The van der Waals surface area contributed by atoms with Crippen molar-refractivity contribution in [3.8, 4) is 22.3 Å². The highest BCUT2D eigenvalue weighted by Gasteiger charge is 2.02. The van der Waals surface area contributed by atoms with Gasteiger partial charge in [-0.1, -0.05) is 84.9 Å². The van der Waals surface area contributed by atoms with Crippen LogP contribution in [0.5, 0.6) is 0 Å². The van der Waals surface area contributed by atoms with Crippen LogP contribution in [0.3, 0.4) is 0 Å². The normalized spacial score (nSPS) is 10.3. The maximum Gasteiger partial charge on any atom is 0.175 e. The molecule has 2 nitrogen and oxygen atoms in total. The summed E-state index contributed by atoms with van der Waals surface area (Å²) < 4.78 is 0. The van der Waals surface area contributed by atoms with E-state index in [1.165, 1.54) is 22.3 Å². The molecule has 0 aromatic heterocycles. The summed E-state index contributed by atoms with van der Waals surface area (Å²) in [5.41, 5.74) is 6.68. The first-order valence-corrected chi connectivity index (χ1v) is 9.58. The summed E-state index contributed by atoms with van der Waals surface area (Å²) in [7, 11) is 0. The van der Waals surface area contributed by atoms with E-state index >= 15 is 0 Å². The van der Waals surface area contributed by atoms with Gasteiger partial charge in [0, 0.05) is 11.4 Å². The molecule has 0 aliphatic carbocycles. The summed E-state index contributed by atoms with van der Waals surface area (Å²) >= 11 is 5.45. The van der Waals surface area contributed by atoms with Crippen molar-refractivity contribution in [1.29, 1.82) is 0 Å². The summed E-state index contributed by atoms with van der Waals surface area (Å²) in [5.74, 6) is 0. The Hall–Kier alpha value is -3.43. The summed E-state index contributed by atoms with van der Waals surface area (Å²) in [6, 6.07) is 37.2. The van der Waals surface area contributed by atoms with Crippen LogP contribution in [0.15, 0.2) is 109 Å². The summed E-state index contributed by atoms with van der Waals surface area (Å²) in [4.78, 5) is 0. The molecule has 0 saturated heterocycles. The van der Waals surface area contributed by atoms with Gasteiger partial charge in [0.2, 0.25) is 0 Å². The number of anilines is 2. The molecular formula is C25H20N2S. The fourth-order valence-electron chi connectivity index (χ4n) is 3.05. The molecule has 0 atom stereocenters. The van der Waals surface area contributed by atoms with E-state index in [1.807, 2.05) is 60.7 Å². The van der Waals surface area contributed by atoms with E-state index in [2.05, 4.69) is 59.2 Å². The van der Waals surface area contributed by atoms with Crippen LogP contribution in [0, 0.1) is 0 Å². The molecule has 136 valence electrons. The number of benzene rings is 4. The highest BCUT2D eigenvalue weighted by Crippen LogP contribution is 2.22. The molecule has 4 rings (SSSR count). The summed E-state index contributed by atoms with van der Waals surface area (Å²) in [5, 5.41) is 7.04. The van der Waals surface area contributed by atoms with Crippen LogP contribution < -0.4 is 10.6 Å². The van der Waals surface area contributed by atoms with E-state index in [4.69, 9.17) is 12.2 Å². The summed E-state index contributed by atoms with van der Waals surface area (Å²) in [6.45, 7) is 0. The highest BCUT2D eigenvalue weighted by atomic mass is 32.1. The Morgan fingerprint density at radius 3 is 1.11 bits per heavy atom. The predicted octanol–water partition coefficient (Wildman–Crippen LogP) is 6.83. The third-order valence-electron chi connectivity index (χ3n) is 4.50. The molecule has 0 bridgehead atoms. The van der Waals surface area contributed by atoms with Gasteiger partial charge >= 0.3 is 0 Å². The van der Waals surface area contributed by atoms with Crippen molar-refractivity contribution in [2.45, 2.75) is 0 Å². The standard InChI is InChI=1S/C25H20N2S/c28-25(26-23-15-11-21(12-16-23)19-7-3-1-4-8-19)27-24-17-13-22(14-18-24)20-9-5-2-6-10-20/h1-18H,(H2,26,27,28). The van der Waals surface area contributed by atoms with Crippen molar-refractivity contribution in [2.75, 3.05) is 10.6 Å². The van der Waals surface area contributed by atoms with E-state index in [9.17, 15) is 0 Å². The van der Waals surface area contributed by atoms with Gasteiger partial charge in [-0.3, -0.25) is 0 Å². The van der Waals surface area contributed by atoms with Crippen LogP contribution in [-0.4, -0.2) is 5.11 Å². The molecule has 0 radical (unpaired) electrons. The van der Waals surface area contributed by atoms with Gasteiger partial charge in [0.25, 0.3) is 0 Å². The molecule has 4 aromatic rings. The number of hydrogen-bond donors (Lipinski definition) is 2. The molecule has 0 aliphatic rings. The maximum absolute atomic E-state index is 5.45. The average Bonchev–Trinajstić information content (AvgIpc) is 2.76. The first-order valence-electron chi connectivity index (χ1n) is 9.17. The molecule has 0 amide bonds. The summed E-state index contributed by atoms with van der Waals surface area (Å²) in [6.07, 6.45) is 0. The van der Waals surface area contributed by atoms with Crippen LogP contribution in [-0.2, 0) is 0 Å². The number of hydrogen-bond acceptors (Lipinski definition) is 1. The third-order valence-corrected chi connectivity index (χ3v) is 4.70. The Kier molecular flexibility index (Phi) is 5.46. The van der Waals surface area contributed by atoms with Gasteiger partial charge in [-0.25, -0.2) is 0 Å². The maximum atomic E-state index is 5.45. The Bertz CT molecular complexity index is 954. The topological polar surface area (TPSA) is 24.1 Å². The van der Waals surface area contributed by atoms with E-state index in [0.29, 0.717) is 5.11 Å². The zero-order valence-corrected chi connectivity index (χ0v) is 16.1. The minimum atomic E-state index is 0.569. The molecule has 0 spiro atoms. The Balaban J connectivity index is 1.38. The first-order chi connectivity index (χ1) is 13.8. The minimum absolute atomic E-state index is 0.569. The highest BCUT2D eigenvalue weighted by molar-refractivity contribution is 7.80. The third kappa shape index (κ3) is 4.45. The van der Waals surface area contributed by atoms with Crippen molar-refractivity contribution >= 4 is 28.7 Å². The van der Waals surface area contributed by atoms with Crippen LogP contribution in [0.4, 0.5) is 11.4 Å². The van der Waals surface area contributed by atoms with Crippen molar-refractivity contribution in [1.82, 2.24) is 0 Å². The molecular weight excluding hydrogens is 360 g/mol. The van der Waals surface area contributed by atoms with E-state index < -0.39 is 0 Å². The van der Waals surface area contributed by atoms with Crippen LogP contribution in [0.1, 0.15) is 0 Å². The second kappa shape index (κ2) is 8.51. The van der Waals surface area contributed by atoms with Gasteiger partial charge < -0.3 is 10.6 Å². The lowest BCUT2D eigenvalue weighted by molar-refractivity contribution is 1.57. The van der Waals surface area contributed by atoms with Crippen molar-refractivity contribution in [3.05, 3.63) is 109 Å². The second-order valence-corrected chi connectivity index (χ2v) is 6.87. The lowest BCUT2D eigenvalue weighted by Crippen LogP contribution is -2.18. The van der Waals surface area contributed by atoms with Gasteiger partial charge in [0.1, 0.15) is 0 Å². The number of nitrogens with one attached hydrogen (secondary N) is 2. The Labute approximate surface area is 170 Å². The average molecular weight is 381 g/mol. The Morgan fingerprint density at radius 2 is 0.750 bits per heavy atom. The molecule has 0 heterocycles. The molecule has 0 unspecified atom stereocenters. The van der Waals surface area contributed by atoms with Crippen LogP contribution in [0.25, 0.3) is 22.3 Å². The van der Waals surface area contributed by atoms with Crippen LogP contribution >= 0.6 is 12.2 Å². The molecule has 0 saturated carbocycles. The van der Waals surface area contributed by atoms with Gasteiger partial charge in [-0.15, -0.1) is 0 Å². The lowest BCUT2D eigenvalue weighted by Gasteiger charge is -2.12. The fraction of sp³-hybridized carbons (Fsp3) is 0. The molecule has 0 aliphatic heterocycles. The SMILES string of the molecule is S=C(Nc1ccc(-c2ccccc2)cc1)Nc1ccc(-c2ccccc2)cc1. The molecule has 4 aromatic carbocycles. The van der Waals surface area contributed by atoms with E-state index in [-0.39, 0.29) is 0 Å². The van der Waals surface area contributed by atoms with Gasteiger partial charge in [-0.2, -0.15) is 0 Å². The zero-order chi connectivity index (χ0) is 19.2. The number of thiocarbonyl (C=S) groups is 1. The molecule has 28 heavy (non-hydrogen) atoms. The van der Waals surface area contributed by atoms with E-state index in [1.54, 1.807) is 0 Å². The molecule has 3 heteroatoms. The lowest BCUT2D eigenvalue weighted by atomic mass is 10.1. The fourth-order valence-corrected chi connectivity index (χ4v) is 3.28. The van der Waals surface area contributed by atoms with Crippen molar-refractivity contribution in [3.63, 3.8) is 0 Å². The Morgan fingerprint density at radius 1 is 0.429 bits per heavy atom. The van der Waals surface area contributed by atoms with Gasteiger partial charge in [0.05, 0.1) is 0 Å². The smallest absolute Gasteiger partial charge is 0.175 e. The van der Waals surface area contributed by atoms with Crippen molar-refractivity contribution < 1.29 is 0 Å². The van der Waals surface area contributed by atoms with E-state index in [0.717, 1.165) is 11.4 Å². The zero-order valence-electron chi connectivity index (χ0n) is 15.3. The monoisotopic (exact) mass is 380 g/mol. The molecule has 2 N–H and O–H groups in total. The minimum Gasteiger partial charge on any atom is -0.332 e. The predicted molar refractivity (Wildman–Crippen MR) is 124 cm³/mol. The van der Waals surface area contributed by atoms with Crippen molar-refractivity contribution in [2.24, 2.45) is 0 Å². The largest absolute Gasteiger partial charge is 0.332 e. The molecule has 0 fully saturated rings. The van der Waals surface area contributed by atoms with Gasteiger partial charge in [-0.05, 0) is 58.7 Å². The second-order valence-electron chi connectivity index (χ2n) is 6.47. The number of rotatable bonds is 4.